The number of hydrogen-bond acceptors (Lipinski definition) is 2. The number of rotatable bonds is 1. The number of benzene rings is 1. The first kappa shape index (κ1) is 10.5. The highest BCUT2D eigenvalue weighted by Crippen LogP contribution is 2.31. The Kier molecular flexibility index (Phi) is 2.46. The first-order valence-corrected chi connectivity index (χ1v) is 6.24. The number of aromatic amines is 1. The van der Waals surface area contributed by atoms with Gasteiger partial charge in [-0.2, -0.15) is 0 Å². The van der Waals surface area contributed by atoms with Crippen molar-refractivity contribution in [2.45, 2.75) is 38.5 Å². The number of aromatic nitrogens is 2. The standard InChI is InChI=1S/C14H16N2O/c1-9-6-7-12-11(8-9)14(17)16-13(15-12)10-4-2-3-5-10/h6-8,10H,2-5H2,1H3,(H,15,16,17). The molecule has 1 heterocycles. The van der Waals surface area contributed by atoms with Crippen LogP contribution in [0.25, 0.3) is 10.9 Å². The van der Waals surface area contributed by atoms with Gasteiger partial charge in [0.15, 0.2) is 0 Å². The van der Waals surface area contributed by atoms with Crippen molar-refractivity contribution in [1.29, 1.82) is 0 Å². The fourth-order valence-electron chi connectivity index (χ4n) is 2.66. The van der Waals surface area contributed by atoms with Gasteiger partial charge < -0.3 is 4.98 Å². The lowest BCUT2D eigenvalue weighted by Crippen LogP contribution is -2.13. The molecule has 0 spiro atoms. The van der Waals surface area contributed by atoms with E-state index in [2.05, 4.69) is 9.97 Å². The van der Waals surface area contributed by atoms with Crippen LogP contribution in [0.15, 0.2) is 23.0 Å². The molecule has 0 bridgehead atoms. The minimum Gasteiger partial charge on any atom is -0.310 e. The smallest absolute Gasteiger partial charge is 0.258 e. The first-order valence-electron chi connectivity index (χ1n) is 6.24. The van der Waals surface area contributed by atoms with E-state index < -0.39 is 0 Å². The average molecular weight is 228 g/mol. The van der Waals surface area contributed by atoms with Crippen molar-refractivity contribution in [3.05, 3.63) is 39.9 Å². The van der Waals surface area contributed by atoms with Crippen LogP contribution >= 0.6 is 0 Å². The molecule has 17 heavy (non-hydrogen) atoms. The Hall–Kier alpha value is -1.64. The number of nitrogens with zero attached hydrogens (tertiary/aromatic N) is 1. The van der Waals surface area contributed by atoms with Crippen LogP contribution in [0.3, 0.4) is 0 Å². The molecule has 0 radical (unpaired) electrons. The van der Waals surface area contributed by atoms with Gasteiger partial charge in [0.1, 0.15) is 5.82 Å². The molecule has 0 saturated heterocycles. The minimum atomic E-state index is 0.000556. The quantitative estimate of drug-likeness (QED) is 0.815. The summed E-state index contributed by atoms with van der Waals surface area (Å²) in [5.41, 5.74) is 1.92. The average Bonchev–Trinajstić information content (AvgIpc) is 2.83. The van der Waals surface area contributed by atoms with Gasteiger partial charge in [-0.05, 0) is 31.9 Å². The number of H-pyrrole nitrogens is 1. The SMILES string of the molecule is Cc1ccc2nc(C3CCCC3)[nH]c(=O)c2c1. The van der Waals surface area contributed by atoms with E-state index in [1.807, 2.05) is 25.1 Å². The van der Waals surface area contributed by atoms with E-state index in [9.17, 15) is 4.79 Å². The number of hydrogen-bond donors (Lipinski definition) is 1. The molecular weight excluding hydrogens is 212 g/mol. The monoisotopic (exact) mass is 228 g/mol. The number of fused-ring (bicyclic) bond motifs is 1. The van der Waals surface area contributed by atoms with Crippen molar-refractivity contribution >= 4 is 10.9 Å². The van der Waals surface area contributed by atoms with Gasteiger partial charge >= 0.3 is 0 Å². The number of nitrogens with one attached hydrogen (secondary N) is 1. The summed E-state index contributed by atoms with van der Waals surface area (Å²) in [6, 6.07) is 5.85. The third kappa shape index (κ3) is 1.86. The van der Waals surface area contributed by atoms with Crippen LogP contribution in [0.1, 0.15) is 43.0 Å². The second-order valence-corrected chi connectivity index (χ2v) is 4.95. The van der Waals surface area contributed by atoms with E-state index in [1.54, 1.807) is 0 Å². The number of aryl methyl sites for hydroxylation is 1. The first-order chi connectivity index (χ1) is 8.24. The second-order valence-electron chi connectivity index (χ2n) is 4.95. The highest BCUT2D eigenvalue weighted by Gasteiger charge is 2.19. The molecule has 1 fully saturated rings. The van der Waals surface area contributed by atoms with Gasteiger partial charge in [-0.3, -0.25) is 4.79 Å². The van der Waals surface area contributed by atoms with Gasteiger partial charge in [0.05, 0.1) is 10.9 Å². The zero-order valence-corrected chi connectivity index (χ0v) is 9.99. The molecule has 1 aliphatic carbocycles. The minimum absolute atomic E-state index is 0.000556. The topological polar surface area (TPSA) is 45.8 Å². The summed E-state index contributed by atoms with van der Waals surface area (Å²) in [6.45, 7) is 1.99. The molecule has 1 aromatic heterocycles. The van der Waals surface area contributed by atoms with E-state index in [0.717, 1.165) is 29.7 Å². The summed E-state index contributed by atoms with van der Waals surface area (Å²) in [7, 11) is 0. The summed E-state index contributed by atoms with van der Waals surface area (Å²) in [5, 5.41) is 0.701. The van der Waals surface area contributed by atoms with Crippen molar-refractivity contribution in [2.75, 3.05) is 0 Å². The summed E-state index contributed by atoms with van der Waals surface area (Å²) in [5.74, 6) is 1.33. The fraction of sp³-hybridized carbons (Fsp3) is 0.429. The third-order valence-corrected chi connectivity index (χ3v) is 3.62. The molecule has 1 aromatic carbocycles. The van der Waals surface area contributed by atoms with Crippen molar-refractivity contribution in [3.8, 4) is 0 Å². The van der Waals surface area contributed by atoms with Gasteiger partial charge in [0.2, 0.25) is 0 Å². The Morgan fingerprint density at radius 3 is 2.82 bits per heavy atom. The molecule has 0 atom stereocenters. The molecule has 1 saturated carbocycles. The third-order valence-electron chi connectivity index (χ3n) is 3.62. The van der Waals surface area contributed by atoms with Crippen LogP contribution in [0, 0.1) is 6.92 Å². The van der Waals surface area contributed by atoms with Crippen LogP contribution in [0.5, 0.6) is 0 Å². The Bertz CT molecular complexity index is 609. The Balaban J connectivity index is 2.17. The van der Waals surface area contributed by atoms with E-state index in [1.165, 1.54) is 12.8 Å². The zero-order valence-electron chi connectivity index (χ0n) is 9.99. The molecule has 3 nitrogen and oxygen atoms in total. The maximum absolute atomic E-state index is 12.0. The molecule has 0 unspecified atom stereocenters. The predicted molar refractivity (Wildman–Crippen MR) is 68.3 cm³/mol. The van der Waals surface area contributed by atoms with Gasteiger partial charge in [0, 0.05) is 5.92 Å². The second kappa shape index (κ2) is 3.99. The predicted octanol–water partition coefficient (Wildman–Crippen LogP) is 2.89. The Labute approximate surface area is 99.9 Å². The Morgan fingerprint density at radius 1 is 1.29 bits per heavy atom. The van der Waals surface area contributed by atoms with Crippen LogP contribution in [-0.4, -0.2) is 9.97 Å². The van der Waals surface area contributed by atoms with Crippen LogP contribution < -0.4 is 5.56 Å². The molecule has 3 heteroatoms. The van der Waals surface area contributed by atoms with Crippen LogP contribution in [0.4, 0.5) is 0 Å². The van der Waals surface area contributed by atoms with E-state index in [0.29, 0.717) is 11.3 Å². The van der Waals surface area contributed by atoms with Gasteiger partial charge in [-0.15, -0.1) is 0 Å². The van der Waals surface area contributed by atoms with Crippen molar-refractivity contribution in [2.24, 2.45) is 0 Å². The zero-order chi connectivity index (χ0) is 11.8. The maximum Gasteiger partial charge on any atom is 0.258 e. The van der Waals surface area contributed by atoms with Gasteiger partial charge in [-0.25, -0.2) is 4.98 Å². The summed E-state index contributed by atoms with van der Waals surface area (Å²) < 4.78 is 0. The van der Waals surface area contributed by atoms with E-state index in [4.69, 9.17) is 0 Å². The normalized spacial score (nSPS) is 16.8. The summed E-state index contributed by atoms with van der Waals surface area (Å²) in [6.07, 6.45) is 4.81. The van der Waals surface area contributed by atoms with Crippen molar-refractivity contribution in [3.63, 3.8) is 0 Å². The molecule has 1 aliphatic rings. The summed E-state index contributed by atoms with van der Waals surface area (Å²) in [4.78, 5) is 19.6. The lowest BCUT2D eigenvalue weighted by atomic mass is 10.1. The molecule has 3 rings (SSSR count). The van der Waals surface area contributed by atoms with Gasteiger partial charge in [0.25, 0.3) is 5.56 Å². The maximum atomic E-state index is 12.0. The molecule has 1 N–H and O–H groups in total. The van der Waals surface area contributed by atoms with E-state index >= 15 is 0 Å². The Morgan fingerprint density at radius 2 is 2.06 bits per heavy atom. The van der Waals surface area contributed by atoms with Crippen LogP contribution in [0.2, 0.25) is 0 Å². The van der Waals surface area contributed by atoms with Gasteiger partial charge in [-0.1, -0.05) is 24.5 Å². The van der Waals surface area contributed by atoms with E-state index in [-0.39, 0.29) is 5.56 Å². The lowest BCUT2D eigenvalue weighted by Gasteiger charge is -2.09. The van der Waals surface area contributed by atoms with Crippen LogP contribution in [-0.2, 0) is 0 Å². The van der Waals surface area contributed by atoms with Crippen molar-refractivity contribution in [1.82, 2.24) is 9.97 Å². The largest absolute Gasteiger partial charge is 0.310 e. The molecule has 0 aliphatic heterocycles. The highest BCUT2D eigenvalue weighted by molar-refractivity contribution is 5.78. The lowest BCUT2D eigenvalue weighted by molar-refractivity contribution is 0.669. The molecular formula is C14H16N2O. The summed E-state index contributed by atoms with van der Waals surface area (Å²) >= 11 is 0. The molecule has 88 valence electrons. The highest BCUT2D eigenvalue weighted by atomic mass is 16.1. The fourth-order valence-corrected chi connectivity index (χ4v) is 2.66. The molecule has 2 aromatic rings. The van der Waals surface area contributed by atoms with Crippen molar-refractivity contribution < 1.29 is 0 Å². The molecule has 0 amide bonds.